The molecule has 0 bridgehead atoms. The van der Waals surface area contributed by atoms with Gasteiger partial charge in [0.25, 0.3) is 0 Å². The van der Waals surface area contributed by atoms with E-state index in [2.05, 4.69) is 57.9 Å². The van der Waals surface area contributed by atoms with E-state index in [9.17, 15) is 0 Å². The monoisotopic (exact) mass is 302 g/mol. The van der Waals surface area contributed by atoms with Crippen molar-refractivity contribution in [2.45, 2.75) is 6.92 Å². The molecule has 0 radical (unpaired) electrons. The molecule has 1 aromatic heterocycles. The third kappa shape index (κ3) is 1.88. The fraction of sp³-hybridized carbons (Fsp3) is 0.111. The molecule has 0 amide bonds. The number of hydrogen-bond donors (Lipinski definition) is 0. The van der Waals surface area contributed by atoms with Gasteiger partial charge in [0.1, 0.15) is 10.5 Å². The van der Waals surface area contributed by atoms with Crippen molar-refractivity contribution in [3.8, 4) is 10.6 Å². The van der Waals surface area contributed by atoms with Crippen molar-refractivity contribution in [2.24, 2.45) is 0 Å². The van der Waals surface area contributed by atoms with Crippen LogP contribution in [0.4, 0.5) is 0 Å². The first kappa shape index (κ1) is 9.08. The smallest absolute Gasteiger partial charge is 0.147 e. The summed E-state index contributed by atoms with van der Waals surface area (Å²) in [5.74, 6) is 0. The lowest BCUT2D eigenvalue weighted by Crippen LogP contribution is -1.82. The Labute approximate surface area is 94.2 Å². The molecule has 1 aromatic carbocycles. The fourth-order valence-corrected chi connectivity index (χ4v) is 1.96. The van der Waals surface area contributed by atoms with Gasteiger partial charge in [-0.3, -0.25) is 0 Å². The number of aromatic nitrogens is 2. The van der Waals surface area contributed by atoms with Gasteiger partial charge in [-0.1, -0.05) is 17.4 Å². The number of rotatable bonds is 1. The molecule has 2 rings (SSSR count). The zero-order valence-electron chi connectivity index (χ0n) is 6.99. The third-order valence-electron chi connectivity index (χ3n) is 1.76. The molecule has 2 aromatic rings. The summed E-state index contributed by atoms with van der Waals surface area (Å²) in [4.78, 5) is 0. The molecule has 0 aliphatic heterocycles. The largest absolute Gasteiger partial charge is 0.147 e. The van der Waals surface area contributed by atoms with Gasteiger partial charge in [0.2, 0.25) is 0 Å². The van der Waals surface area contributed by atoms with E-state index in [1.807, 2.05) is 0 Å². The van der Waals surface area contributed by atoms with Gasteiger partial charge in [-0.05, 0) is 47.2 Å². The standard InChI is InChI=1S/C9H7IN2S/c1-6-4-7(2-3-8(6)10)9-12-11-5-13-9/h2-5H,1H3. The van der Waals surface area contributed by atoms with Crippen molar-refractivity contribution < 1.29 is 0 Å². The fourth-order valence-electron chi connectivity index (χ4n) is 1.08. The molecule has 0 unspecified atom stereocenters. The van der Waals surface area contributed by atoms with Crippen LogP contribution >= 0.6 is 33.9 Å². The van der Waals surface area contributed by atoms with Crippen LogP contribution in [-0.2, 0) is 0 Å². The highest BCUT2D eigenvalue weighted by atomic mass is 127. The Morgan fingerprint density at radius 1 is 1.38 bits per heavy atom. The summed E-state index contributed by atoms with van der Waals surface area (Å²) in [5, 5.41) is 8.83. The second-order valence-corrected chi connectivity index (χ2v) is 4.70. The van der Waals surface area contributed by atoms with Crippen LogP contribution in [0.3, 0.4) is 0 Å². The summed E-state index contributed by atoms with van der Waals surface area (Å²) in [7, 11) is 0. The van der Waals surface area contributed by atoms with Gasteiger partial charge in [0.15, 0.2) is 0 Å². The predicted octanol–water partition coefficient (Wildman–Crippen LogP) is 3.12. The van der Waals surface area contributed by atoms with Crippen LogP contribution in [0.15, 0.2) is 23.7 Å². The number of benzene rings is 1. The van der Waals surface area contributed by atoms with Gasteiger partial charge in [-0.2, -0.15) is 0 Å². The first-order valence-electron chi connectivity index (χ1n) is 3.80. The zero-order chi connectivity index (χ0) is 9.26. The van der Waals surface area contributed by atoms with Gasteiger partial charge >= 0.3 is 0 Å². The summed E-state index contributed by atoms with van der Waals surface area (Å²) < 4.78 is 1.28. The van der Waals surface area contributed by atoms with Crippen molar-refractivity contribution in [1.29, 1.82) is 0 Å². The van der Waals surface area contributed by atoms with Gasteiger partial charge in [-0.15, -0.1) is 10.2 Å². The minimum absolute atomic E-state index is 0.986. The molecule has 0 spiro atoms. The van der Waals surface area contributed by atoms with Crippen LogP contribution in [0.2, 0.25) is 0 Å². The average molecular weight is 302 g/mol. The predicted molar refractivity (Wildman–Crippen MR) is 62.8 cm³/mol. The molecule has 0 N–H and O–H groups in total. The molecule has 0 saturated carbocycles. The molecule has 0 fully saturated rings. The average Bonchev–Trinajstić information content (AvgIpc) is 2.62. The van der Waals surface area contributed by atoms with E-state index in [0.29, 0.717) is 0 Å². The normalized spacial score (nSPS) is 10.3. The topological polar surface area (TPSA) is 25.8 Å². The molecule has 1 heterocycles. The van der Waals surface area contributed by atoms with E-state index in [-0.39, 0.29) is 0 Å². The molecule has 0 atom stereocenters. The van der Waals surface area contributed by atoms with E-state index in [1.54, 1.807) is 16.8 Å². The third-order valence-corrected chi connectivity index (χ3v) is 3.72. The number of hydrogen-bond acceptors (Lipinski definition) is 3. The molecular formula is C9H7IN2S. The Kier molecular flexibility index (Phi) is 2.59. The molecule has 4 heteroatoms. The van der Waals surface area contributed by atoms with E-state index < -0.39 is 0 Å². The second kappa shape index (κ2) is 3.71. The van der Waals surface area contributed by atoms with Crippen molar-refractivity contribution >= 4 is 33.9 Å². The van der Waals surface area contributed by atoms with E-state index in [4.69, 9.17) is 0 Å². The first-order valence-corrected chi connectivity index (χ1v) is 5.76. The van der Waals surface area contributed by atoms with Crippen molar-refractivity contribution in [1.82, 2.24) is 10.2 Å². The molecule has 13 heavy (non-hydrogen) atoms. The van der Waals surface area contributed by atoms with E-state index in [0.717, 1.165) is 10.6 Å². The summed E-state index contributed by atoms with van der Waals surface area (Å²) in [6.45, 7) is 2.10. The van der Waals surface area contributed by atoms with Crippen LogP contribution in [0, 0.1) is 10.5 Å². The van der Waals surface area contributed by atoms with Crippen LogP contribution < -0.4 is 0 Å². The summed E-state index contributed by atoms with van der Waals surface area (Å²) in [6, 6.07) is 6.32. The zero-order valence-corrected chi connectivity index (χ0v) is 9.96. The SMILES string of the molecule is Cc1cc(-c2nncs2)ccc1I. The van der Waals surface area contributed by atoms with E-state index in [1.165, 1.54) is 9.13 Å². The van der Waals surface area contributed by atoms with Crippen LogP contribution in [0.25, 0.3) is 10.6 Å². The van der Waals surface area contributed by atoms with Gasteiger partial charge < -0.3 is 0 Å². The minimum atomic E-state index is 0.986. The summed E-state index contributed by atoms with van der Waals surface area (Å²) >= 11 is 3.89. The maximum atomic E-state index is 4.02. The molecule has 0 aliphatic rings. The minimum Gasteiger partial charge on any atom is -0.147 e. The van der Waals surface area contributed by atoms with Gasteiger partial charge in [0, 0.05) is 9.13 Å². The Bertz CT molecular complexity index is 412. The molecule has 66 valence electrons. The molecular weight excluding hydrogens is 295 g/mol. The lowest BCUT2D eigenvalue weighted by Gasteiger charge is -1.99. The van der Waals surface area contributed by atoms with Crippen molar-refractivity contribution in [3.63, 3.8) is 0 Å². The molecule has 0 saturated heterocycles. The van der Waals surface area contributed by atoms with Gasteiger partial charge in [0.05, 0.1) is 0 Å². The molecule has 2 nitrogen and oxygen atoms in total. The van der Waals surface area contributed by atoms with Crippen LogP contribution in [0.5, 0.6) is 0 Å². The van der Waals surface area contributed by atoms with Crippen molar-refractivity contribution in [3.05, 3.63) is 32.8 Å². The Balaban J connectivity index is 2.49. The maximum Gasteiger partial charge on any atom is 0.147 e. The Hall–Kier alpha value is -0.490. The number of nitrogens with zero attached hydrogens (tertiary/aromatic N) is 2. The van der Waals surface area contributed by atoms with E-state index >= 15 is 0 Å². The van der Waals surface area contributed by atoms with Crippen LogP contribution in [-0.4, -0.2) is 10.2 Å². The summed E-state index contributed by atoms with van der Waals surface area (Å²) in [6.07, 6.45) is 0. The number of halogens is 1. The highest BCUT2D eigenvalue weighted by Crippen LogP contribution is 2.23. The second-order valence-electron chi connectivity index (χ2n) is 2.71. The quantitative estimate of drug-likeness (QED) is 0.756. The van der Waals surface area contributed by atoms with Crippen LogP contribution in [0.1, 0.15) is 5.56 Å². The number of aryl methyl sites for hydroxylation is 1. The highest BCUT2D eigenvalue weighted by Gasteiger charge is 2.02. The van der Waals surface area contributed by atoms with Gasteiger partial charge in [-0.25, -0.2) is 0 Å². The Morgan fingerprint density at radius 3 is 2.85 bits per heavy atom. The lowest BCUT2D eigenvalue weighted by atomic mass is 10.1. The Morgan fingerprint density at radius 2 is 2.23 bits per heavy atom. The maximum absolute atomic E-state index is 4.02. The summed E-state index contributed by atoms with van der Waals surface area (Å²) in [5.41, 5.74) is 4.19. The highest BCUT2D eigenvalue weighted by molar-refractivity contribution is 14.1. The molecule has 0 aliphatic carbocycles. The van der Waals surface area contributed by atoms with Crippen molar-refractivity contribution in [2.75, 3.05) is 0 Å². The lowest BCUT2D eigenvalue weighted by molar-refractivity contribution is 1.09. The first-order chi connectivity index (χ1) is 6.27.